The number of benzene rings is 2. The summed E-state index contributed by atoms with van der Waals surface area (Å²) in [4.78, 5) is 4.55. The van der Waals surface area contributed by atoms with Gasteiger partial charge in [0.2, 0.25) is 0 Å². The molecule has 1 heterocycles. The third-order valence-corrected chi connectivity index (χ3v) is 3.12. The summed E-state index contributed by atoms with van der Waals surface area (Å²) >= 11 is 0. The lowest BCUT2D eigenvalue weighted by Crippen LogP contribution is -1.90. The molecule has 2 nitrogen and oxygen atoms in total. The average Bonchev–Trinajstić information content (AvgIpc) is 2.76. The summed E-state index contributed by atoms with van der Waals surface area (Å²) in [5, 5.41) is 0. The van der Waals surface area contributed by atoms with E-state index in [1.807, 2.05) is 48.0 Å². The lowest BCUT2D eigenvalue weighted by atomic mass is 10.2. The predicted molar refractivity (Wildman–Crippen MR) is 76.0 cm³/mol. The maximum Gasteiger partial charge on any atom is 0.133 e. The summed E-state index contributed by atoms with van der Waals surface area (Å²) in [5.74, 6) is 0.658. The SMILES string of the molecule is Cn1c(/C=C/c2ccc(F)cc2)nc2ccccc21. The first-order chi connectivity index (χ1) is 9.24. The van der Waals surface area contributed by atoms with Gasteiger partial charge in [-0.05, 0) is 35.9 Å². The molecular weight excluding hydrogens is 239 g/mol. The Kier molecular flexibility index (Phi) is 2.88. The molecule has 19 heavy (non-hydrogen) atoms. The topological polar surface area (TPSA) is 17.8 Å². The van der Waals surface area contributed by atoms with Crippen molar-refractivity contribution in [3.8, 4) is 0 Å². The van der Waals surface area contributed by atoms with Crippen LogP contribution in [0.5, 0.6) is 0 Å². The lowest BCUT2D eigenvalue weighted by molar-refractivity contribution is 0.628. The van der Waals surface area contributed by atoms with E-state index in [2.05, 4.69) is 4.98 Å². The van der Waals surface area contributed by atoms with Gasteiger partial charge < -0.3 is 4.57 Å². The third kappa shape index (κ3) is 2.27. The quantitative estimate of drug-likeness (QED) is 0.676. The summed E-state index contributed by atoms with van der Waals surface area (Å²) in [6, 6.07) is 14.4. The van der Waals surface area contributed by atoms with Crippen LogP contribution in [-0.4, -0.2) is 9.55 Å². The molecule has 0 aliphatic heterocycles. The second-order valence-corrected chi connectivity index (χ2v) is 4.40. The number of nitrogens with zero attached hydrogens (tertiary/aromatic N) is 2. The zero-order valence-corrected chi connectivity index (χ0v) is 10.5. The molecule has 3 aromatic rings. The summed E-state index contributed by atoms with van der Waals surface area (Å²) in [7, 11) is 1.99. The van der Waals surface area contributed by atoms with Crippen molar-refractivity contribution in [3.63, 3.8) is 0 Å². The van der Waals surface area contributed by atoms with Crippen LogP contribution in [0.15, 0.2) is 48.5 Å². The Bertz CT molecular complexity index is 739. The molecular formula is C16H13FN2. The normalized spacial score (nSPS) is 11.5. The predicted octanol–water partition coefficient (Wildman–Crippen LogP) is 3.88. The molecule has 0 aliphatic rings. The molecule has 0 spiro atoms. The first-order valence-electron chi connectivity index (χ1n) is 6.09. The minimum Gasteiger partial charge on any atom is -0.328 e. The molecule has 0 fully saturated rings. The van der Waals surface area contributed by atoms with Crippen LogP contribution in [0.1, 0.15) is 11.4 Å². The highest BCUT2D eigenvalue weighted by Gasteiger charge is 2.03. The summed E-state index contributed by atoms with van der Waals surface area (Å²) in [6.45, 7) is 0. The van der Waals surface area contributed by atoms with Gasteiger partial charge in [-0.3, -0.25) is 0 Å². The van der Waals surface area contributed by atoms with Crippen molar-refractivity contribution in [2.75, 3.05) is 0 Å². The maximum absolute atomic E-state index is 12.8. The van der Waals surface area contributed by atoms with Crippen LogP contribution in [0.4, 0.5) is 4.39 Å². The Labute approximate surface area is 110 Å². The molecule has 0 saturated carbocycles. The van der Waals surface area contributed by atoms with Crippen LogP contribution in [0.2, 0.25) is 0 Å². The number of halogens is 1. The van der Waals surface area contributed by atoms with Gasteiger partial charge in [-0.2, -0.15) is 0 Å². The Balaban J connectivity index is 1.97. The Morgan fingerprint density at radius 2 is 1.74 bits per heavy atom. The number of aromatic nitrogens is 2. The van der Waals surface area contributed by atoms with E-state index in [9.17, 15) is 4.39 Å². The first kappa shape index (κ1) is 11.7. The van der Waals surface area contributed by atoms with Gasteiger partial charge in [0.05, 0.1) is 11.0 Å². The number of rotatable bonds is 2. The van der Waals surface area contributed by atoms with Crippen molar-refractivity contribution in [1.82, 2.24) is 9.55 Å². The van der Waals surface area contributed by atoms with Crippen molar-refractivity contribution in [1.29, 1.82) is 0 Å². The van der Waals surface area contributed by atoms with Gasteiger partial charge >= 0.3 is 0 Å². The number of hydrogen-bond donors (Lipinski definition) is 0. The van der Waals surface area contributed by atoms with E-state index in [1.165, 1.54) is 12.1 Å². The standard InChI is InChI=1S/C16H13FN2/c1-19-15-5-3-2-4-14(15)18-16(19)11-8-12-6-9-13(17)10-7-12/h2-11H,1H3/b11-8+. The second-order valence-electron chi connectivity index (χ2n) is 4.40. The van der Waals surface area contributed by atoms with E-state index < -0.39 is 0 Å². The van der Waals surface area contributed by atoms with Crippen LogP contribution in [-0.2, 0) is 7.05 Å². The van der Waals surface area contributed by atoms with E-state index in [1.54, 1.807) is 12.1 Å². The number of hydrogen-bond acceptors (Lipinski definition) is 1. The van der Waals surface area contributed by atoms with Gasteiger partial charge in [0.1, 0.15) is 11.6 Å². The molecule has 1 aromatic heterocycles. The number of para-hydroxylation sites is 2. The van der Waals surface area contributed by atoms with E-state index in [0.29, 0.717) is 0 Å². The van der Waals surface area contributed by atoms with Gasteiger partial charge in [0.15, 0.2) is 0 Å². The Hall–Kier alpha value is -2.42. The molecule has 0 unspecified atom stereocenters. The fourth-order valence-corrected chi connectivity index (χ4v) is 2.06. The largest absolute Gasteiger partial charge is 0.328 e. The number of fused-ring (bicyclic) bond motifs is 1. The van der Waals surface area contributed by atoms with Gasteiger partial charge in [-0.1, -0.05) is 30.3 Å². The molecule has 3 heteroatoms. The van der Waals surface area contributed by atoms with Gasteiger partial charge in [-0.25, -0.2) is 9.37 Å². The lowest BCUT2D eigenvalue weighted by Gasteiger charge is -1.97. The molecule has 0 bridgehead atoms. The minimum absolute atomic E-state index is 0.222. The van der Waals surface area contributed by atoms with Crippen LogP contribution >= 0.6 is 0 Å². The molecule has 0 amide bonds. The number of imidazole rings is 1. The highest BCUT2D eigenvalue weighted by Crippen LogP contribution is 2.16. The fourth-order valence-electron chi connectivity index (χ4n) is 2.06. The van der Waals surface area contributed by atoms with E-state index >= 15 is 0 Å². The Morgan fingerprint density at radius 3 is 2.47 bits per heavy atom. The monoisotopic (exact) mass is 252 g/mol. The van der Waals surface area contributed by atoms with Crippen LogP contribution in [0, 0.1) is 5.82 Å². The summed E-state index contributed by atoms with van der Waals surface area (Å²) in [5.41, 5.74) is 3.03. The average molecular weight is 252 g/mol. The van der Waals surface area contributed by atoms with Gasteiger partial charge in [0, 0.05) is 7.05 Å². The molecule has 0 aliphatic carbocycles. The molecule has 2 aromatic carbocycles. The van der Waals surface area contributed by atoms with Crippen molar-refractivity contribution in [2.45, 2.75) is 0 Å². The Morgan fingerprint density at radius 1 is 1.00 bits per heavy atom. The van der Waals surface area contributed by atoms with Crippen LogP contribution in [0.3, 0.4) is 0 Å². The second kappa shape index (κ2) is 4.69. The van der Waals surface area contributed by atoms with Gasteiger partial charge in [-0.15, -0.1) is 0 Å². The summed E-state index contributed by atoms with van der Waals surface area (Å²) in [6.07, 6.45) is 3.87. The third-order valence-electron chi connectivity index (χ3n) is 3.12. The number of aryl methyl sites for hydroxylation is 1. The first-order valence-corrected chi connectivity index (χ1v) is 6.09. The summed E-state index contributed by atoms with van der Waals surface area (Å²) < 4.78 is 14.9. The molecule has 0 atom stereocenters. The fraction of sp³-hybridized carbons (Fsp3) is 0.0625. The van der Waals surface area contributed by atoms with Crippen molar-refractivity contribution in [3.05, 3.63) is 65.7 Å². The highest BCUT2D eigenvalue weighted by atomic mass is 19.1. The molecule has 94 valence electrons. The van der Waals surface area contributed by atoms with Gasteiger partial charge in [0.25, 0.3) is 0 Å². The zero-order valence-electron chi connectivity index (χ0n) is 10.5. The smallest absolute Gasteiger partial charge is 0.133 e. The van der Waals surface area contributed by atoms with E-state index in [0.717, 1.165) is 22.4 Å². The van der Waals surface area contributed by atoms with Crippen molar-refractivity contribution < 1.29 is 4.39 Å². The molecule has 0 saturated heterocycles. The van der Waals surface area contributed by atoms with Crippen molar-refractivity contribution in [2.24, 2.45) is 7.05 Å². The van der Waals surface area contributed by atoms with E-state index in [-0.39, 0.29) is 5.82 Å². The maximum atomic E-state index is 12.8. The van der Waals surface area contributed by atoms with Crippen molar-refractivity contribution >= 4 is 23.2 Å². The minimum atomic E-state index is -0.222. The zero-order chi connectivity index (χ0) is 13.2. The van der Waals surface area contributed by atoms with E-state index in [4.69, 9.17) is 0 Å². The van der Waals surface area contributed by atoms with Crippen LogP contribution in [0.25, 0.3) is 23.2 Å². The van der Waals surface area contributed by atoms with Crippen LogP contribution < -0.4 is 0 Å². The highest BCUT2D eigenvalue weighted by molar-refractivity contribution is 5.79. The molecule has 3 rings (SSSR count). The molecule has 0 N–H and O–H groups in total. The molecule has 0 radical (unpaired) electrons.